The number of hydrogen-bond donors (Lipinski definition) is 1. The minimum Gasteiger partial charge on any atom is -0.489 e. The minimum atomic E-state index is -0.184. The van der Waals surface area contributed by atoms with Crippen LogP contribution in [-0.2, 0) is 13.2 Å². The number of hydrogen-bond acceptors (Lipinski definition) is 3. The molecule has 2 heterocycles. The topological polar surface area (TPSA) is 56.4 Å². The van der Waals surface area contributed by atoms with E-state index in [9.17, 15) is 4.79 Å². The van der Waals surface area contributed by atoms with Crippen LogP contribution in [0, 0.1) is 6.92 Å². The summed E-state index contributed by atoms with van der Waals surface area (Å²) in [6.07, 6.45) is 1.65. The van der Waals surface area contributed by atoms with Gasteiger partial charge in [0.1, 0.15) is 18.1 Å². The molecule has 5 nitrogen and oxygen atoms in total. The molecule has 0 fully saturated rings. The molecule has 5 aromatic rings. The van der Waals surface area contributed by atoms with Crippen LogP contribution in [0.3, 0.4) is 0 Å². The molecular weight excluding hydrogens is 412 g/mol. The standard InChI is InChI=1S/C28H24N2O3/c1-20-8-5-6-10-22(20)18-30-25-14-15-32-27(25)17-26(30)28(31)29-23-11-7-9-21(16-23)19-33-24-12-3-2-4-13-24/h2-17H,18-19H2,1H3,(H,29,31). The van der Waals surface area contributed by atoms with Crippen molar-refractivity contribution in [2.24, 2.45) is 0 Å². The molecule has 0 aliphatic rings. The molecule has 0 saturated heterocycles. The van der Waals surface area contributed by atoms with Gasteiger partial charge in [-0.3, -0.25) is 4.79 Å². The number of aromatic nitrogens is 1. The van der Waals surface area contributed by atoms with Gasteiger partial charge >= 0.3 is 0 Å². The van der Waals surface area contributed by atoms with Crippen LogP contribution in [0.2, 0.25) is 0 Å². The smallest absolute Gasteiger partial charge is 0.272 e. The molecule has 0 atom stereocenters. The number of carbonyl (C=O) groups excluding carboxylic acids is 1. The van der Waals surface area contributed by atoms with E-state index in [0.717, 1.165) is 28.1 Å². The zero-order valence-corrected chi connectivity index (χ0v) is 18.3. The molecule has 0 unspecified atom stereocenters. The molecule has 0 aliphatic carbocycles. The van der Waals surface area contributed by atoms with Crippen molar-refractivity contribution in [3.05, 3.63) is 120 Å². The second-order valence-corrected chi connectivity index (χ2v) is 7.97. The maximum atomic E-state index is 13.3. The number of carbonyl (C=O) groups is 1. The SMILES string of the molecule is Cc1ccccc1Cn1c(C(=O)Nc2cccc(COc3ccccc3)c2)cc2occc21. The van der Waals surface area contributed by atoms with Crippen molar-refractivity contribution >= 4 is 22.7 Å². The normalized spacial score (nSPS) is 10.9. The third-order valence-electron chi connectivity index (χ3n) is 5.68. The molecule has 0 spiro atoms. The minimum absolute atomic E-state index is 0.184. The highest BCUT2D eigenvalue weighted by Crippen LogP contribution is 2.24. The van der Waals surface area contributed by atoms with Crippen molar-refractivity contribution < 1.29 is 13.9 Å². The number of aryl methyl sites for hydroxylation is 1. The molecule has 1 amide bonds. The monoisotopic (exact) mass is 436 g/mol. The molecule has 0 aliphatic heterocycles. The van der Waals surface area contributed by atoms with E-state index in [2.05, 4.69) is 24.4 Å². The number of rotatable bonds is 7. The summed E-state index contributed by atoms with van der Waals surface area (Å²) in [7, 11) is 0. The summed E-state index contributed by atoms with van der Waals surface area (Å²) in [5.74, 6) is 0.625. The summed E-state index contributed by atoms with van der Waals surface area (Å²) in [5, 5.41) is 3.03. The molecule has 5 heteroatoms. The van der Waals surface area contributed by atoms with Crippen LogP contribution < -0.4 is 10.1 Å². The van der Waals surface area contributed by atoms with E-state index in [0.29, 0.717) is 24.4 Å². The van der Waals surface area contributed by atoms with Crippen molar-refractivity contribution in [1.29, 1.82) is 0 Å². The number of ether oxygens (including phenoxy) is 1. The zero-order valence-electron chi connectivity index (χ0n) is 18.3. The lowest BCUT2D eigenvalue weighted by Gasteiger charge is -2.13. The van der Waals surface area contributed by atoms with E-state index in [1.54, 1.807) is 12.3 Å². The Hall–Kier alpha value is -4.25. The maximum Gasteiger partial charge on any atom is 0.272 e. The molecule has 0 saturated carbocycles. The van der Waals surface area contributed by atoms with Gasteiger partial charge in [0, 0.05) is 24.4 Å². The van der Waals surface area contributed by atoms with E-state index in [1.165, 1.54) is 5.56 Å². The van der Waals surface area contributed by atoms with Crippen LogP contribution in [0.4, 0.5) is 5.69 Å². The Kier molecular flexibility index (Phi) is 5.68. The molecule has 5 rings (SSSR count). The first kappa shape index (κ1) is 20.6. The molecule has 1 N–H and O–H groups in total. The van der Waals surface area contributed by atoms with Crippen LogP contribution in [0.5, 0.6) is 5.75 Å². The van der Waals surface area contributed by atoms with Gasteiger partial charge in [-0.2, -0.15) is 0 Å². The summed E-state index contributed by atoms with van der Waals surface area (Å²) in [6, 6.07) is 29.3. The highest BCUT2D eigenvalue weighted by Gasteiger charge is 2.18. The Morgan fingerprint density at radius 2 is 1.76 bits per heavy atom. The number of nitrogens with zero attached hydrogens (tertiary/aromatic N) is 1. The molecule has 0 bridgehead atoms. The Bertz CT molecular complexity index is 1400. The Morgan fingerprint density at radius 1 is 0.939 bits per heavy atom. The number of furan rings is 1. The van der Waals surface area contributed by atoms with Crippen LogP contribution >= 0.6 is 0 Å². The first-order chi connectivity index (χ1) is 16.2. The number of fused-ring (bicyclic) bond motifs is 1. The molecular formula is C28H24N2O3. The van der Waals surface area contributed by atoms with Crippen LogP contribution in [0.1, 0.15) is 27.2 Å². The summed E-state index contributed by atoms with van der Waals surface area (Å²) in [6.45, 7) is 3.09. The summed E-state index contributed by atoms with van der Waals surface area (Å²) >= 11 is 0. The summed E-state index contributed by atoms with van der Waals surface area (Å²) in [5.41, 5.74) is 6.17. The van der Waals surface area contributed by atoms with Crippen LogP contribution in [0.25, 0.3) is 11.1 Å². The first-order valence-corrected chi connectivity index (χ1v) is 10.9. The summed E-state index contributed by atoms with van der Waals surface area (Å²) < 4.78 is 13.4. The lowest BCUT2D eigenvalue weighted by Crippen LogP contribution is -2.18. The van der Waals surface area contributed by atoms with Crippen LogP contribution in [0.15, 0.2) is 102 Å². The lowest BCUT2D eigenvalue weighted by molar-refractivity contribution is 0.101. The van der Waals surface area contributed by atoms with E-state index in [1.807, 2.05) is 77.4 Å². The van der Waals surface area contributed by atoms with Gasteiger partial charge in [-0.25, -0.2) is 0 Å². The molecule has 3 aromatic carbocycles. The summed E-state index contributed by atoms with van der Waals surface area (Å²) in [4.78, 5) is 13.3. The van der Waals surface area contributed by atoms with Crippen LogP contribution in [-0.4, -0.2) is 10.5 Å². The fourth-order valence-electron chi connectivity index (χ4n) is 3.91. The van der Waals surface area contributed by atoms with E-state index in [4.69, 9.17) is 9.15 Å². The van der Waals surface area contributed by atoms with Gasteiger partial charge in [0.25, 0.3) is 5.91 Å². The van der Waals surface area contributed by atoms with Gasteiger partial charge < -0.3 is 19.0 Å². The zero-order chi connectivity index (χ0) is 22.6. The quantitative estimate of drug-likeness (QED) is 0.320. The number of benzene rings is 3. The molecule has 2 aromatic heterocycles. The van der Waals surface area contributed by atoms with E-state index in [-0.39, 0.29) is 5.91 Å². The Morgan fingerprint density at radius 3 is 2.61 bits per heavy atom. The number of amides is 1. The maximum absolute atomic E-state index is 13.3. The molecule has 164 valence electrons. The first-order valence-electron chi connectivity index (χ1n) is 10.9. The predicted octanol–water partition coefficient (Wildman–Crippen LogP) is 6.42. The van der Waals surface area contributed by atoms with E-state index < -0.39 is 0 Å². The van der Waals surface area contributed by atoms with Gasteiger partial charge in [0.2, 0.25) is 0 Å². The third kappa shape index (κ3) is 4.53. The largest absolute Gasteiger partial charge is 0.489 e. The van der Waals surface area contributed by atoms with Gasteiger partial charge in [-0.05, 0) is 47.9 Å². The van der Waals surface area contributed by atoms with Crippen molar-refractivity contribution in [3.8, 4) is 5.75 Å². The van der Waals surface area contributed by atoms with Gasteiger partial charge in [-0.1, -0.05) is 54.6 Å². The average Bonchev–Trinajstić information content (AvgIpc) is 3.43. The highest BCUT2D eigenvalue weighted by molar-refractivity contribution is 6.05. The van der Waals surface area contributed by atoms with Crippen molar-refractivity contribution in [2.75, 3.05) is 5.32 Å². The molecule has 0 radical (unpaired) electrons. The van der Waals surface area contributed by atoms with E-state index >= 15 is 0 Å². The van der Waals surface area contributed by atoms with Gasteiger partial charge in [0.15, 0.2) is 5.58 Å². The Balaban J connectivity index is 1.36. The highest BCUT2D eigenvalue weighted by atomic mass is 16.5. The lowest BCUT2D eigenvalue weighted by atomic mass is 10.1. The van der Waals surface area contributed by atoms with Gasteiger partial charge in [-0.15, -0.1) is 0 Å². The second-order valence-electron chi connectivity index (χ2n) is 7.97. The fraction of sp³-hybridized carbons (Fsp3) is 0.107. The van der Waals surface area contributed by atoms with Crippen molar-refractivity contribution in [1.82, 2.24) is 4.57 Å². The number of para-hydroxylation sites is 1. The average molecular weight is 437 g/mol. The number of anilines is 1. The third-order valence-corrected chi connectivity index (χ3v) is 5.68. The predicted molar refractivity (Wildman–Crippen MR) is 130 cm³/mol. The van der Waals surface area contributed by atoms with Crippen molar-refractivity contribution in [2.45, 2.75) is 20.1 Å². The Labute approximate surface area is 192 Å². The second kappa shape index (κ2) is 9.09. The molecule has 33 heavy (non-hydrogen) atoms. The van der Waals surface area contributed by atoms with Gasteiger partial charge in [0.05, 0.1) is 11.8 Å². The fourth-order valence-corrected chi connectivity index (χ4v) is 3.91. The number of nitrogens with one attached hydrogen (secondary N) is 1. The van der Waals surface area contributed by atoms with Crippen molar-refractivity contribution in [3.63, 3.8) is 0 Å².